The topological polar surface area (TPSA) is 75.1 Å². The fourth-order valence-corrected chi connectivity index (χ4v) is 1.74. The van der Waals surface area contributed by atoms with Crippen LogP contribution in [0.3, 0.4) is 0 Å². The molecule has 2 aromatic rings. The van der Waals surface area contributed by atoms with Gasteiger partial charge in [-0.05, 0) is 18.6 Å². The number of halogens is 1. The zero-order valence-corrected chi connectivity index (χ0v) is 13.3. The number of hydrogen-bond acceptors (Lipinski definition) is 5. The van der Waals surface area contributed by atoms with Crippen molar-refractivity contribution in [1.82, 2.24) is 9.97 Å². The summed E-state index contributed by atoms with van der Waals surface area (Å²) in [6.07, 6.45) is 2.37. The van der Waals surface area contributed by atoms with Gasteiger partial charge in [0.05, 0.1) is 19.3 Å². The molecule has 0 spiro atoms. The molecule has 0 aromatic carbocycles. The van der Waals surface area contributed by atoms with Crippen molar-refractivity contribution in [2.75, 3.05) is 7.11 Å². The molecule has 0 radical (unpaired) electrons. The molecule has 0 aliphatic heterocycles. The second kappa shape index (κ2) is 6.78. The molecule has 2 rings (SSSR count). The van der Waals surface area contributed by atoms with Crippen LogP contribution >= 0.6 is 0 Å². The quantitative estimate of drug-likeness (QED) is 0.480. The number of hydrogen-bond donors (Lipinski definition) is 0. The van der Waals surface area contributed by atoms with Crippen molar-refractivity contribution in [1.29, 1.82) is 0 Å². The van der Waals surface area contributed by atoms with Crippen molar-refractivity contribution in [2.24, 2.45) is 0 Å². The van der Waals surface area contributed by atoms with Crippen LogP contribution in [0.25, 0.3) is 11.1 Å². The Bertz CT molecular complexity index is 650. The molecule has 98 valence electrons. The van der Waals surface area contributed by atoms with E-state index in [2.05, 4.69) is 9.97 Å². The zero-order chi connectivity index (χ0) is 14.0. The third kappa shape index (κ3) is 3.33. The molecule has 0 aliphatic carbocycles. The van der Waals surface area contributed by atoms with Gasteiger partial charge >= 0.3 is 29.6 Å². The van der Waals surface area contributed by atoms with E-state index in [1.54, 1.807) is 6.92 Å². The SMILES string of the molecule is COc1cnc(F)cc1-c1cc(C)ncc1C(=O)[O-].[Na+]. The van der Waals surface area contributed by atoms with Gasteiger partial charge in [-0.2, -0.15) is 4.39 Å². The van der Waals surface area contributed by atoms with Crippen molar-refractivity contribution in [3.63, 3.8) is 0 Å². The summed E-state index contributed by atoms with van der Waals surface area (Å²) in [5.41, 5.74) is 1.04. The average molecular weight is 284 g/mol. The first kappa shape index (κ1) is 16.6. The predicted octanol–water partition coefficient (Wildman–Crippen LogP) is -2.03. The van der Waals surface area contributed by atoms with Crippen LogP contribution < -0.4 is 39.4 Å². The number of nitrogens with zero attached hydrogens (tertiary/aromatic N) is 2. The van der Waals surface area contributed by atoms with Crippen molar-refractivity contribution >= 4 is 5.97 Å². The van der Waals surface area contributed by atoms with E-state index in [4.69, 9.17) is 4.74 Å². The smallest absolute Gasteiger partial charge is 0.545 e. The Labute approximate surface area is 137 Å². The molecule has 0 unspecified atom stereocenters. The third-order valence-electron chi connectivity index (χ3n) is 2.60. The molecule has 0 saturated carbocycles. The Kier molecular flexibility index (Phi) is 5.62. The van der Waals surface area contributed by atoms with Gasteiger partial charge in [-0.25, -0.2) is 4.98 Å². The first-order valence-corrected chi connectivity index (χ1v) is 5.41. The van der Waals surface area contributed by atoms with Crippen LogP contribution in [0.1, 0.15) is 16.1 Å². The molecular weight excluding hydrogens is 274 g/mol. The maximum atomic E-state index is 13.3. The van der Waals surface area contributed by atoms with E-state index in [1.165, 1.54) is 25.6 Å². The fraction of sp³-hybridized carbons (Fsp3) is 0.154. The Hall–Kier alpha value is -1.50. The van der Waals surface area contributed by atoms with Crippen molar-refractivity contribution in [3.05, 3.63) is 41.7 Å². The largest absolute Gasteiger partial charge is 1.00 e. The first-order valence-electron chi connectivity index (χ1n) is 5.41. The molecule has 5 nitrogen and oxygen atoms in total. The van der Waals surface area contributed by atoms with Crippen LogP contribution in [-0.4, -0.2) is 23.0 Å². The first-order chi connectivity index (χ1) is 9.02. The minimum absolute atomic E-state index is 0. The number of carbonyl (C=O) groups excluding carboxylic acids is 1. The van der Waals surface area contributed by atoms with Gasteiger partial charge < -0.3 is 14.6 Å². The van der Waals surface area contributed by atoms with E-state index in [9.17, 15) is 14.3 Å². The summed E-state index contributed by atoms with van der Waals surface area (Å²) in [6, 6.07) is 2.64. The average Bonchev–Trinajstić information content (AvgIpc) is 2.38. The number of carboxylic acids is 1. The van der Waals surface area contributed by atoms with Gasteiger partial charge in [0, 0.05) is 29.1 Å². The number of ether oxygens (including phenoxy) is 1. The van der Waals surface area contributed by atoms with E-state index in [1.807, 2.05) is 0 Å². The third-order valence-corrected chi connectivity index (χ3v) is 2.60. The fourth-order valence-electron chi connectivity index (χ4n) is 1.74. The van der Waals surface area contributed by atoms with Gasteiger partial charge in [0.2, 0.25) is 5.95 Å². The predicted molar refractivity (Wildman–Crippen MR) is 63.0 cm³/mol. The van der Waals surface area contributed by atoms with Gasteiger partial charge in [0.1, 0.15) is 5.75 Å². The number of carbonyl (C=O) groups is 1. The summed E-state index contributed by atoms with van der Waals surface area (Å²) in [4.78, 5) is 18.4. The molecule has 7 heteroatoms. The number of aromatic carboxylic acids is 1. The van der Waals surface area contributed by atoms with Gasteiger partial charge in [0.25, 0.3) is 0 Å². The van der Waals surface area contributed by atoms with E-state index in [0.29, 0.717) is 11.3 Å². The summed E-state index contributed by atoms with van der Waals surface area (Å²) < 4.78 is 18.3. The van der Waals surface area contributed by atoms with Crippen molar-refractivity contribution < 1.29 is 48.6 Å². The van der Waals surface area contributed by atoms with Gasteiger partial charge in [-0.3, -0.25) is 4.98 Å². The molecule has 20 heavy (non-hydrogen) atoms. The van der Waals surface area contributed by atoms with Gasteiger partial charge in [0.15, 0.2) is 0 Å². The van der Waals surface area contributed by atoms with Crippen LogP contribution in [-0.2, 0) is 0 Å². The van der Waals surface area contributed by atoms with Crippen molar-refractivity contribution in [3.8, 4) is 16.9 Å². The second-order valence-corrected chi connectivity index (χ2v) is 3.87. The van der Waals surface area contributed by atoms with Crippen LogP contribution in [0.5, 0.6) is 5.75 Å². The number of methoxy groups -OCH3 is 1. The minimum atomic E-state index is -1.39. The second-order valence-electron chi connectivity index (χ2n) is 3.87. The summed E-state index contributed by atoms with van der Waals surface area (Å²) >= 11 is 0. The van der Waals surface area contributed by atoms with E-state index < -0.39 is 11.9 Å². The van der Waals surface area contributed by atoms with Gasteiger partial charge in [-0.1, -0.05) is 0 Å². The summed E-state index contributed by atoms with van der Waals surface area (Å²) in [5, 5.41) is 11.1. The van der Waals surface area contributed by atoms with Crippen LogP contribution in [0.4, 0.5) is 4.39 Å². The molecule has 2 aromatic heterocycles. The van der Waals surface area contributed by atoms with Crippen LogP contribution in [0.2, 0.25) is 0 Å². The summed E-state index contributed by atoms with van der Waals surface area (Å²) in [7, 11) is 1.39. The van der Waals surface area contributed by atoms with E-state index in [-0.39, 0.29) is 46.4 Å². The Morgan fingerprint density at radius 2 is 1.95 bits per heavy atom. The Morgan fingerprint density at radius 3 is 2.55 bits per heavy atom. The maximum absolute atomic E-state index is 13.3. The van der Waals surface area contributed by atoms with Gasteiger partial charge in [-0.15, -0.1) is 0 Å². The number of pyridine rings is 2. The monoisotopic (exact) mass is 284 g/mol. The molecular formula is C13H10FN2NaO3. The molecule has 0 N–H and O–H groups in total. The van der Waals surface area contributed by atoms with Crippen LogP contribution in [0, 0.1) is 12.9 Å². The zero-order valence-electron chi connectivity index (χ0n) is 11.3. The molecule has 0 fully saturated rings. The maximum Gasteiger partial charge on any atom is 1.00 e. The normalized spacial score (nSPS) is 9.75. The number of carboxylic acid groups (broad SMARTS) is 1. The molecule has 0 aliphatic rings. The van der Waals surface area contributed by atoms with Crippen LogP contribution in [0.15, 0.2) is 24.5 Å². The summed E-state index contributed by atoms with van der Waals surface area (Å²) in [5.74, 6) is -1.84. The Morgan fingerprint density at radius 1 is 1.25 bits per heavy atom. The molecule has 0 bridgehead atoms. The molecule has 2 heterocycles. The Balaban J connectivity index is 0.00000200. The number of aryl methyl sites for hydroxylation is 1. The van der Waals surface area contributed by atoms with E-state index in [0.717, 1.165) is 6.07 Å². The summed E-state index contributed by atoms with van der Waals surface area (Å²) in [6.45, 7) is 1.70. The number of rotatable bonds is 3. The van der Waals surface area contributed by atoms with E-state index >= 15 is 0 Å². The van der Waals surface area contributed by atoms with Crippen molar-refractivity contribution in [2.45, 2.75) is 6.92 Å². The molecule has 0 amide bonds. The molecule has 0 atom stereocenters. The molecule has 0 saturated heterocycles. The minimum Gasteiger partial charge on any atom is -0.545 e. The standard InChI is InChI=1S/C13H11FN2O3.Na/c1-7-3-8(10(5-15-7)13(17)18)9-4-12(14)16-6-11(9)19-2;/h3-6H,1-2H3,(H,17,18);/q;+1/p-1. The number of aromatic nitrogens is 2.